The Hall–Kier alpha value is -2.64. The molecule has 1 aromatic carbocycles. The zero-order chi connectivity index (χ0) is 20.3. The van der Waals surface area contributed by atoms with E-state index in [4.69, 9.17) is 4.74 Å². The Labute approximate surface area is 171 Å². The summed E-state index contributed by atoms with van der Waals surface area (Å²) in [6, 6.07) is 6.09. The molecule has 5 rings (SSSR count). The third kappa shape index (κ3) is 2.88. The zero-order valence-electron chi connectivity index (χ0n) is 16.3. The molecule has 7 heteroatoms. The summed E-state index contributed by atoms with van der Waals surface area (Å²) in [6.07, 6.45) is 3.43. The van der Waals surface area contributed by atoms with Crippen LogP contribution in [0.1, 0.15) is 52.5 Å². The third-order valence-electron chi connectivity index (χ3n) is 5.90. The predicted octanol–water partition coefficient (Wildman–Crippen LogP) is 3.98. The maximum atomic E-state index is 12.8. The second-order valence-corrected chi connectivity index (χ2v) is 9.02. The molecule has 150 valence electrons. The first-order chi connectivity index (χ1) is 14.0. The number of methoxy groups -OCH3 is 1. The largest absolute Gasteiger partial charge is 0.494 e. The van der Waals surface area contributed by atoms with Crippen molar-refractivity contribution in [2.24, 2.45) is 0 Å². The molecule has 1 aliphatic heterocycles. The topological polar surface area (TPSA) is 80.6 Å². The highest BCUT2D eigenvalue weighted by Gasteiger charge is 2.29. The highest BCUT2D eigenvalue weighted by Crippen LogP contribution is 2.45. The second kappa shape index (κ2) is 6.71. The maximum absolute atomic E-state index is 12.8. The molecule has 3 aromatic rings. The van der Waals surface area contributed by atoms with Crippen LogP contribution in [0.25, 0.3) is 21.3 Å². The Bertz CT molecular complexity index is 1210. The highest BCUT2D eigenvalue weighted by atomic mass is 32.1. The summed E-state index contributed by atoms with van der Waals surface area (Å²) in [6.45, 7) is 4.06. The average molecular weight is 410 g/mol. The fourth-order valence-corrected chi connectivity index (χ4v) is 5.53. The average Bonchev–Trinajstić information content (AvgIpc) is 3.45. The van der Waals surface area contributed by atoms with Crippen LogP contribution in [0.2, 0.25) is 0 Å². The highest BCUT2D eigenvalue weighted by molar-refractivity contribution is 7.15. The minimum Gasteiger partial charge on any atom is -0.494 e. The standard InChI is InChI=1S/C22H22N2O4S/c1-11-8-23-9-18-15(11)7-17(29-18)13-5-6-14-19(21(13)28-2)24(12-3-4-12)10-16(20(14)25)22(26)27/h5-7,10-12,23H,3-4,8-9H2,1-2H3,(H,26,27). The van der Waals surface area contributed by atoms with Crippen molar-refractivity contribution in [3.63, 3.8) is 0 Å². The van der Waals surface area contributed by atoms with Gasteiger partial charge in [0, 0.05) is 40.6 Å². The number of carbonyl (C=O) groups is 1. The van der Waals surface area contributed by atoms with Gasteiger partial charge in [0.1, 0.15) is 5.56 Å². The van der Waals surface area contributed by atoms with Gasteiger partial charge in [0.25, 0.3) is 0 Å². The van der Waals surface area contributed by atoms with Crippen LogP contribution in [0.3, 0.4) is 0 Å². The number of aromatic nitrogens is 1. The van der Waals surface area contributed by atoms with E-state index in [0.717, 1.165) is 36.4 Å². The summed E-state index contributed by atoms with van der Waals surface area (Å²) < 4.78 is 7.76. The summed E-state index contributed by atoms with van der Waals surface area (Å²) in [5.41, 5.74) is 2.36. The molecule has 1 aliphatic carbocycles. The Morgan fingerprint density at radius 2 is 2.14 bits per heavy atom. The number of nitrogens with zero attached hydrogens (tertiary/aromatic N) is 1. The molecule has 1 fully saturated rings. The molecule has 2 aliphatic rings. The minimum atomic E-state index is -1.19. The number of pyridine rings is 1. The van der Waals surface area contributed by atoms with Crippen LogP contribution < -0.4 is 15.5 Å². The number of thiophene rings is 1. The summed E-state index contributed by atoms with van der Waals surface area (Å²) >= 11 is 1.75. The molecule has 0 bridgehead atoms. The molecule has 0 saturated heterocycles. The number of carboxylic acids is 1. The number of carboxylic acid groups (broad SMARTS) is 1. The van der Waals surface area contributed by atoms with Gasteiger partial charge in [0.2, 0.25) is 5.43 Å². The summed E-state index contributed by atoms with van der Waals surface area (Å²) in [5.74, 6) is -0.0950. The lowest BCUT2D eigenvalue weighted by atomic mass is 9.97. The minimum absolute atomic E-state index is 0.189. The molecule has 1 atom stereocenters. The quantitative estimate of drug-likeness (QED) is 0.680. The Kier molecular flexibility index (Phi) is 4.26. The van der Waals surface area contributed by atoms with E-state index in [2.05, 4.69) is 18.3 Å². The Balaban J connectivity index is 1.79. The maximum Gasteiger partial charge on any atom is 0.341 e. The first-order valence-corrected chi connectivity index (χ1v) is 10.6. The first-order valence-electron chi connectivity index (χ1n) is 9.82. The smallest absolute Gasteiger partial charge is 0.341 e. The van der Waals surface area contributed by atoms with Gasteiger partial charge in [-0.1, -0.05) is 6.92 Å². The molecule has 2 N–H and O–H groups in total. The third-order valence-corrected chi connectivity index (χ3v) is 7.08. The molecule has 2 aromatic heterocycles. The van der Waals surface area contributed by atoms with Crippen LogP contribution in [0.15, 0.2) is 29.2 Å². The van der Waals surface area contributed by atoms with E-state index in [1.165, 1.54) is 16.6 Å². The van der Waals surface area contributed by atoms with Crippen molar-refractivity contribution in [2.45, 2.75) is 38.3 Å². The predicted molar refractivity (Wildman–Crippen MR) is 113 cm³/mol. The summed E-state index contributed by atoms with van der Waals surface area (Å²) in [5, 5.41) is 13.3. The van der Waals surface area contributed by atoms with Gasteiger partial charge in [-0.05, 0) is 42.5 Å². The van der Waals surface area contributed by atoms with Crippen molar-refractivity contribution < 1.29 is 14.6 Å². The number of benzene rings is 1. The normalized spacial score (nSPS) is 18.6. The fraction of sp³-hybridized carbons (Fsp3) is 0.364. The van der Waals surface area contributed by atoms with Gasteiger partial charge >= 0.3 is 5.97 Å². The van der Waals surface area contributed by atoms with Crippen LogP contribution in [0.5, 0.6) is 5.75 Å². The van der Waals surface area contributed by atoms with Crippen molar-refractivity contribution in [1.29, 1.82) is 0 Å². The van der Waals surface area contributed by atoms with Crippen LogP contribution >= 0.6 is 11.3 Å². The van der Waals surface area contributed by atoms with Crippen molar-refractivity contribution in [1.82, 2.24) is 9.88 Å². The molecular formula is C22H22N2O4S. The molecule has 1 unspecified atom stereocenters. The van der Waals surface area contributed by atoms with Gasteiger partial charge in [0.15, 0.2) is 5.75 Å². The SMILES string of the molecule is COc1c(-c2cc3c(s2)CNCC3C)ccc2c(=O)c(C(=O)O)cn(C3CC3)c12. The number of aromatic carboxylic acids is 1. The van der Waals surface area contributed by atoms with Gasteiger partial charge in [-0.15, -0.1) is 11.3 Å². The molecule has 29 heavy (non-hydrogen) atoms. The van der Waals surface area contributed by atoms with Crippen molar-refractivity contribution in [2.75, 3.05) is 13.7 Å². The number of nitrogens with one attached hydrogen (secondary N) is 1. The first kappa shape index (κ1) is 18.4. The lowest BCUT2D eigenvalue weighted by Crippen LogP contribution is -2.24. The monoisotopic (exact) mass is 410 g/mol. The van der Waals surface area contributed by atoms with Gasteiger partial charge in [-0.3, -0.25) is 4.79 Å². The van der Waals surface area contributed by atoms with Crippen LogP contribution in [0, 0.1) is 0 Å². The molecule has 0 radical (unpaired) electrons. The lowest BCUT2D eigenvalue weighted by Gasteiger charge is -2.19. The Morgan fingerprint density at radius 3 is 2.79 bits per heavy atom. The molecule has 0 spiro atoms. The summed E-state index contributed by atoms with van der Waals surface area (Å²) in [4.78, 5) is 26.9. The molecule has 3 heterocycles. The van der Waals surface area contributed by atoms with Gasteiger partial charge in [-0.25, -0.2) is 4.79 Å². The van der Waals surface area contributed by atoms with Gasteiger partial charge in [0.05, 0.1) is 18.0 Å². The fourth-order valence-electron chi connectivity index (χ4n) is 4.25. The number of fused-ring (bicyclic) bond motifs is 2. The second-order valence-electron chi connectivity index (χ2n) is 7.88. The van der Waals surface area contributed by atoms with Crippen molar-refractivity contribution >= 4 is 28.2 Å². The van der Waals surface area contributed by atoms with Crippen LogP contribution in [-0.2, 0) is 6.54 Å². The molecule has 6 nitrogen and oxygen atoms in total. The van der Waals surface area contributed by atoms with E-state index in [9.17, 15) is 14.7 Å². The van der Waals surface area contributed by atoms with Gasteiger partial charge in [-0.2, -0.15) is 0 Å². The Morgan fingerprint density at radius 1 is 1.34 bits per heavy atom. The van der Waals surface area contributed by atoms with E-state index in [0.29, 0.717) is 22.6 Å². The van der Waals surface area contributed by atoms with Crippen LogP contribution in [-0.4, -0.2) is 29.3 Å². The number of hydrogen-bond donors (Lipinski definition) is 2. The van der Waals surface area contributed by atoms with E-state index < -0.39 is 11.4 Å². The number of ether oxygens (including phenoxy) is 1. The van der Waals surface area contributed by atoms with E-state index in [1.807, 2.05) is 10.6 Å². The van der Waals surface area contributed by atoms with E-state index in [-0.39, 0.29) is 11.6 Å². The van der Waals surface area contributed by atoms with E-state index >= 15 is 0 Å². The van der Waals surface area contributed by atoms with Crippen LogP contribution in [0.4, 0.5) is 0 Å². The van der Waals surface area contributed by atoms with E-state index in [1.54, 1.807) is 24.5 Å². The number of rotatable bonds is 4. The van der Waals surface area contributed by atoms with Crippen molar-refractivity contribution in [3.05, 3.63) is 50.6 Å². The zero-order valence-corrected chi connectivity index (χ0v) is 17.1. The summed E-state index contributed by atoms with van der Waals surface area (Å²) in [7, 11) is 1.61. The molecule has 0 amide bonds. The lowest BCUT2D eigenvalue weighted by molar-refractivity contribution is 0.0695. The van der Waals surface area contributed by atoms with Gasteiger partial charge < -0.3 is 19.7 Å². The van der Waals surface area contributed by atoms with Crippen molar-refractivity contribution in [3.8, 4) is 16.2 Å². The number of hydrogen-bond acceptors (Lipinski definition) is 5. The molecular weight excluding hydrogens is 388 g/mol. The molecule has 1 saturated carbocycles.